The number of benzene rings is 3. The summed E-state index contributed by atoms with van der Waals surface area (Å²) in [5.41, 5.74) is 0.665. The second kappa shape index (κ2) is 23.0. The normalized spacial score (nSPS) is 17.4. The van der Waals surface area contributed by atoms with Gasteiger partial charge in [-0.3, -0.25) is 24.1 Å². The topological polar surface area (TPSA) is 187 Å². The molecule has 3 heterocycles. The molecule has 21 heteroatoms. The SMILES string of the molecule is Cc1ncsc1-c1ccc(CNC(=O)[C@@H]2C[C@@H](O)CN2C(=O)C(NC(=O)COCCCCOCCCOc2ccc(N3C(=S)N(c4ccc(C#N)c(C(F)(F)F)c4)C(=O)C3(C)C)cc2F)C(C)(C)C)cc1. The third-order valence-corrected chi connectivity index (χ3v) is 13.3. The summed E-state index contributed by atoms with van der Waals surface area (Å²) in [7, 11) is 0. The van der Waals surface area contributed by atoms with Gasteiger partial charge in [0, 0.05) is 57.5 Å². The van der Waals surface area contributed by atoms with Crippen molar-refractivity contribution in [2.45, 2.75) is 104 Å². The molecule has 6 rings (SSSR count). The number of ether oxygens (including phenoxy) is 3. The highest BCUT2D eigenvalue weighted by molar-refractivity contribution is 7.81. The van der Waals surface area contributed by atoms with Crippen LogP contribution in [0.5, 0.6) is 5.75 Å². The van der Waals surface area contributed by atoms with Crippen LogP contribution in [0.2, 0.25) is 0 Å². The maximum absolute atomic E-state index is 15.3. The van der Waals surface area contributed by atoms with Gasteiger partial charge < -0.3 is 39.8 Å². The lowest BCUT2D eigenvalue weighted by Gasteiger charge is -2.35. The molecule has 15 nitrogen and oxygen atoms in total. The van der Waals surface area contributed by atoms with E-state index in [0.29, 0.717) is 38.5 Å². The number of hydrogen-bond acceptors (Lipinski definition) is 12. The Hall–Kier alpha value is -6.05. The molecule has 4 aromatic rings. The van der Waals surface area contributed by atoms with Crippen molar-refractivity contribution in [2.24, 2.45) is 5.41 Å². The number of β-amino-alcohol motifs (C(OH)–C–C–N with tert-alkyl or cyclic N) is 1. The Balaban J connectivity index is 0.879. The third-order valence-electron chi connectivity index (χ3n) is 12.0. The number of carbonyl (C=O) groups excluding carboxylic acids is 4. The van der Waals surface area contributed by atoms with Crippen molar-refractivity contribution in [3.8, 4) is 22.3 Å². The molecule has 1 unspecified atom stereocenters. The molecular weight excluding hydrogens is 967 g/mol. The van der Waals surface area contributed by atoms with E-state index in [2.05, 4.69) is 15.6 Å². The fraction of sp³-hybridized carbons (Fsp3) is 0.460. The summed E-state index contributed by atoms with van der Waals surface area (Å²) < 4.78 is 73.3. The molecule has 3 aromatic carbocycles. The number of aliphatic hydroxyl groups excluding tert-OH is 1. The average molecular weight is 1020 g/mol. The number of alkyl halides is 3. The maximum Gasteiger partial charge on any atom is 0.417 e. The summed E-state index contributed by atoms with van der Waals surface area (Å²) in [5, 5.41) is 25.2. The molecule has 1 aromatic heterocycles. The fourth-order valence-corrected chi connectivity index (χ4v) is 9.54. The number of amides is 4. The third kappa shape index (κ3) is 13.1. The standard InChI is InChI=1S/C50H57F4N7O8S2/c1-30-42(71-29-57-30)32-12-10-31(11-13-32)26-56-44(64)39-24-36(62)27-59(39)45(65)43(48(2,3)4)58-41(63)28-68-19-8-7-18-67-20-9-21-69-40-17-16-35(23-38(40)51)61-47(70)60(46(66)49(61,5)6)34-15-14-33(25-55)37(22-34)50(52,53)54/h10-17,22-23,29,36,39,43,62H,7-9,18-21,24,26-28H2,1-6H3,(H,56,64)(H,58,63)/t36-,39+,43?/m1/s1. The zero-order chi connectivity index (χ0) is 51.8. The molecule has 380 valence electrons. The van der Waals surface area contributed by atoms with Gasteiger partial charge in [-0.1, -0.05) is 45.0 Å². The first kappa shape index (κ1) is 54.3. The molecule has 71 heavy (non-hydrogen) atoms. The van der Waals surface area contributed by atoms with Crippen LogP contribution >= 0.6 is 23.6 Å². The number of aliphatic hydroxyl groups is 1. The molecule has 2 fully saturated rings. The summed E-state index contributed by atoms with van der Waals surface area (Å²) in [6, 6.07) is 14.2. The van der Waals surface area contributed by atoms with E-state index in [1.54, 1.807) is 37.6 Å². The van der Waals surface area contributed by atoms with Crippen molar-refractivity contribution >= 4 is 63.7 Å². The lowest BCUT2D eigenvalue weighted by atomic mass is 9.85. The van der Waals surface area contributed by atoms with Crippen LogP contribution in [0, 0.1) is 29.5 Å². The summed E-state index contributed by atoms with van der Waals surface area (Å²) in [4.78, 5) is 62.9. The molecule has 0 radical (unpaired) electrons. The highest BCUT2D eigenvalue weighted by Gasteiger charge is 2.51. The Labute approximate surface area is 419 Å². The van der Waals surface area contributed by atoms with Gasteiger partial charge in [0.05, 0.1) is 51.7 Å². The van der Waals surface area contributed by atoms with E-state index in [4.69, 9.17) is 26.4 Å². The molecule has 0 aliphatic carbocycles. The van der Waals surface area contributed by atoms with Crippen molar-refractivity contribution in [1.29, 1.82) is 5.26 Å². The minimum absolute atomic E-state index is 0.0481. The molecule has 0 spiro atoms. The van der Waals surface area contributed by atoms with Gasteiger partial charge in [0.1, 0.15) is 24.2 Å². The van der Waals surface area contributed by atoms with Crippen LogP contribution in [0.25, 0.3) is 10.4 Å². The Morgan fingerprint density at radius 3 is 2.30 bits per heavy atom. The number of rotatable bonds is 20. The minimum atomic E-state index is -4.86. The number of unbranched alkanes of at least 4 members (excludes halogenated alkanes) is 1. The van der Waals surface area contributed by atoms with Crippen LogP contribution in [0.1, 0.15) is 82.7 Å². The van der Waals surface area contributed by atoms with Gasteiger partial charge in [0.25, 0.3) is 5.91 Å². The Bertz CT molecular complexity index is 2630. The van der Waals surface area contributed by atoms with E-state index in [0.717, 1.165) is 38.7 Å². The van der Waals surface area contributed by atoms with Crippen LogP contribution in [0.3, 0.4) is 0 Å². The van der Waals surface area contributed by atoms with Crippen LogP contribution < -0.4 is 25.2 Å². The van der Waals surface area contributed by atoms with Gasteiger partial charge in [-0.25, -0.2) is 9.37 Å². The zero-order valence-electron chi connectivity index (χ0n) is 40.2. The van der Waals surface area contributed by atoms with Gasteiger partial charge >= 0.3 is 6.18 Å². The number of nitrogens with zero attached hydrogens (tertiary/aromatic N) is 5. The fourth-order valence-electron chi connectivity index (χ4n) is 8.21. The number of carbonyl (C=O) groups is 4. The number of thiazole rings is 1. The number of nitriles is 1. The second-order valence-electron chi connectivity index (χ2n) is 18.8. The quantitative estimate of drug-likeness (QED) is 0.0452. The Morgan fingerprint density at radius 2 is 1.66 bits per heavy atom. The summed E-state index contributed by atoms with van der Waals surface area (Å²) >= 11 is 7.09. The molecule has 3 N–H and O–H groups in total. The lowest BCUT2D eigenvalue weighted by Crippen LogP contribution is -2.58. The molecule has 4 amide bonds. The van der Waals surface area contributed by atoms with E-state index in [1.807, 2.05) is 31.2 Å². The highest BCUT2D eigenvalue weighted by atomic mass is 32.1. The van der Waals surface area contributed by atoms with Crippen LogP contribution in [0.4, 0.5) is 28.9 Å². The highest BCUT2D eigenvalue weighted by Crippen LogP contribution is 2.40. The molecule has 2 aliphatic heterocycles. The van der Waals surface area contributed by atoms with Crippen LogP contribution in [0.15, 0.2) is 66.2 Å². The largest absolute Gasteiger partial charge is 0.490 e. The minimum Gasteiger partial charge on any atom is -0.490 e. The summed E-state index contributed by atoms with van der Waals surface area (Å²) in [6.07, 6.45) is -4.08. The van der Waals surface area contributed by atoms with Crippen LogP contribution in [-0.2, 0) is 41.4 Å². The number of anilines is 2. The van der Waals surface area contributed by atoms with Crippen molar-refractivity contribution in [2.75, 3.05) is 49.4 Å². The maximum atomic E-state index is 15.3. The van der Waals surface area contributed by atoms with Gasteiger partial charge in [0.15, 0.2) is 16.7 Å². The Kier molecular flexibility index (Phi) is 17.6. The van der Waals surface area contributed by atoms with Crippen molar-refractivity contribution in [3.63, 3.8) is 0 Å². The number of hydrogen-bond donors (Lipinski definition) is 3. The van der Waals surface area contributed by atoms with E-state index in [-0.39, 0.29) is 61.6 Å². The van der Waals surface area contributed by atoms with E-state index in [9.17, 15) is 42.7 Å². The van der Waals surface area contributed by atoms with E-state index < -0.39 is 75.9 Å². The van der Waals surface area contributed by atoms with Gasteiger partial charge in [0.2, 0.25) is 17.7 Å². The van der Waals surface area contributed by atoms with Gasteiger partial charge in [-0.05, 0) is 92.7 Å². The lowest BCUT2D eigenvalue weighted by molar-refractivity contribution is -0.144. The zero-order valence-corrected chi connectivity index (χ0v) is 41.9. The van der Waals surface area contributed by atoms with E-state index in [1.165, 1.54) is 47.9 Å². The molecule has 0 bridgehead atoms. The van der Waals surface area contributed by atoms with Crippen LogP contribution in [-0.4, -0.2) is 107 Å². The van der Waals surface area contributed by atoms with Crippen molar-refractivity contribution < 1.29 is 56.1 Å². The van der Waals surface area contributed by atoms with Gasteiger partial charge in [-0.2, -0.15) is 18.4 Å². The van der Waals surface area contributed by atoms with E-state index >= 15 is 4.39 Å². The molecule has 0 saturated carbocycles. The smallest absolute Gasteiger partial charge is 0.417 e. The monoisotopic (exact) mass is 1020 g/mol. The molecule has 2 aliphatic rings. The number of likely N-dealkylation sites (tertiary alicyclic amines) is 1. The first-order valence-electron chi connectivity index (χ1n) is 23.0. The predicted octanol–water partition coefficient (Wildman–Crippen LogP) is 7.46. The average Bonchev–Trinajstić information content (AvgIpc) is 3.98. The molecule has 2 saturated heterocycles. The number of aryl methyl sites for hydroxylation is 1. The first-order valence-corrected chi connectivity index (χ1v) is 24.2. The second-order valence-corrected chi connectivity index (χ2v) is 20.0. The molecular formula is C50H57F4N7O8S2. The summed E-state index contributed by atoms with van der Waals surface area (Å²) in [5.74, 6) is -2.85. The Morgan fingerprint density at radius 1 is 0.986 bits per heavy atom. The predicted molar refractivity (Wildman–Crippen MR) is 262 cm³/mol. The van der Waals surface area contributed by atoms with Gasteiger partial charge in [-0.15, -0.1) is 11.3 Å². The number of nitrogens with one attached hydrogen (secondary N) is 2. The first-order chi connectivity index (χ1) is 33.5. The number of thiocarbonyl (C=S) groups is 1. The van der Waals surface area contributed by atoms with Crippen molar-refractivity contribution in [1.82, 2.24) is 20.5 Å². The van der Waals surface area contributed by atoms with Crippen molar-refractivity contribution in [3.05, 3.63) is 94.4 Å². The number of aromatic nitrogens is 1. The summed E-state index contributed by atoms with van der Waals surface area (Å²) in [6.45, 7) is 11.3. The number of halogens is 4. The molecule has 3 atom stereocenters.